The van der Waals surface area contributed by atoms with Crippen LogP contribution in [0.15, 0.2) is 83.8 Å². The number of para-hydroxylation sites is 1. The summed E-state index contributed by atoms with van der Waals surface area (Å²) in [6, 6.07) is 17.9. The second-order valence-corrected chi connectivity index (χ2v) is 9.05. The Morgan fingerprint density at radius 1 is 0.938 bits per heavy atom. The van der Waals surface area contributed by atoms with E-state index in [1.807, 2.05) is 0 Å². The average Bonchev–Trinajstić information content (AvgIpc) is 2.77. The van der Waals surface area contributed by atoms with Gasteiger partial charge in [0.25, 0.3) is 10.0 Å². The number of carbonyl (C=O) groups excluding carboxylic acids is 1. The Balaban J connectivity index is 2.10. The number of rotatable bonds is 6. The van der Waals surface area contributed by atoms with Gasteiger partial charge in [0.15, 0.2) is 0 Å². The molecule has 10 heteroatoms. The summed E-state index contributed by atoms with van der Waals surface area (Å²) in [7, 11) is -2.97. The highest BCUT2D eigenvalue weighted by Gasteiger charge is 2.35. The Labute approximate surface area is 188 Å². The van der Waals surface area contributed by atoms with Crippen molar-refractivity contribution in [3.05, 3.63) is 89.4 Å². The molecule has 0 bridgehead atoms. The fraction of sp³-hybridized carbons (Fsp3) is 0.136. The van der Waals surface area contributed by atoms with E-state index in [9.17, 15) is 26.4 Å². The summed E-state index contributed by atoms with van der Waals surface area (Å²) in [5.41, 5.74) is -1.04. The van der Waals surface area contributed by atoms with Crippen LogP contribution in [0.1, 0.15) is 5.56 Å². The monoisotopic (exact) mass is 482 g/mol. The summed E-state index contributed by atoms with van der Waals surface area (Å²) >= 11 is 6.12. The normalized spacial score (nSPS) is 11.8. The van der Waals surface area contributed by atoms with E-state index < -0.39 is 39.9 Å². The minimum absolute atomic E-state index is 0.191. The van der Waals surface area contributed by atoms with Crippen molar-refractivity contribution in [2.24, 2.45) is 0 Å². The largest absolute Gasteiger partial charge is 0.416 e. The summed E-state index contributed by atoms with van der Waals surface area (Å²) in [5, 5.41) is -0.243. The summed E-state index contributed by atoms with van der Waals surface area (Å²) in [6.07, 6.45) is -4.73. The first kappa shape index (κ1) is 23.6. The van der Waals surface area contributed by atoms with Crippen LogP contribution >= 0.6 is 11.6 Å². The van der Waals surface area contributed by atoms with Gasteiger partial charge in [0.2, 0.25) is 5.91 Å². The van der Waals surface area contributed by atoms with E-state index in [0.29, 0.717) is 16.1 Å². The average molecular weight is 483 g/mol. The van der Waals surface area contributed by atoms with Gasteiger partial charge in [-0.2, -0.15) is 13.2 Å². The Hall–Kier alpha value is -3.04. The molecule has 0 saturated carbocycles. The lowest BCUT2D eigenvalue weighted by Crippen LogP contribution is -2.42. The van der Waals surface area contributed by atoms with Gasteiger partial charge in [0, 0.05) is 12.7 Å². The summed E-state index contributed by atoms with van der Waals surface area (Å²) in [6.45, 7) is -0.760. The fourth-order valence-corrected chi connectivity index (χ4v) is 4.64. The van der Waals surface area contributed by atoms with Crippen molar-refractivity contribution in [3.8, 4) is 0 Å². The quantitative estimate of drug-likeness (QED) is 0.484. The second kappa shape index (κ2) is 9.22. The number of nitrogens with zero attached hydrogens (tertiary/aromatic N) is 2. The number of benzene rings is 3. The maximum Gasteiger partial charge on any atom is 0.416 e. The molecule has 1 amide bonds. The molecule has 0 aliphatic heterocycles. The van der Waals surface area contributed by atoms with Gasteiger partial charge in [-0.1, -0.05) is 48.0 Å². The number of hydrogen-bond acceptors (Lipinski definition) is 3. The van der Waals surface area contributed by atoms with E-state index in [2.05, 4.69) is 0 Å². The van der Waals surface area contributed by atoms with E-state index in [1.54, 1.807) is 36.4 Å². The highest BCUT2D eigenvalue weighted by molar-refractivity contribution is 7.92. The maximum atomic E-state index is 13.4. The highest BCUT2D eigenvalue weighted by Crippen LogP contribution is 2.37. The van der Waals surface area contributed by atoms with Crippen LogP contribution in [0.2, 0.25) is 5.02 Å². The molecule has 0 spiro atoms. The number of anilines is 2. The van der Waals surface area contributed by atoms with Gasteiger partial charge in [0.1, 0.15) is 6.54 Å². The minimum Gasteiger partial charge on any atom is -0.314 e. The zero-order valence-electron chi connectivity index (χ0n) is 16.8. The lowest BCUT2D eigenvalue weighted by atomic mass is 10.2. The number of halogens is 4. The van der Waals surface area contributed by atoms with Crippen molar-refractivity contribution in [3.63, 3.8) is 0 Å². The first-order chi connectivity index (χ1) is 15.0. The third-order valence-corrected chi connectivity index (χ3v) is 6.76. The Kier molecular flexibility index (Phi) is 6.80. The van der Waals surface area contributed by atoms with E-state index in [4.69, 9.17) is 11.6 Å². The van der Waals surface area contributed by atoms with Crippen molar-refractivity contribution < 1.29 is 26.4 Å². The molecular weight excluding hydrogens is 465 g/mol. The number of sulfonamides is 1. The standard InChI is InChI=1S/C22H18ClF3N2O3S/c1-27(17-8-4-2-5-9-17)21(29)15-28(32(30,31)18-10-6-3-7-11-18)20-14-16(22(24,25)26)12-13-19(20)23/h2-14H,15H2,1H3. The molecule has 0 saturated heterocycles. The van der Waals surface area contributed by atoms with Crippen LogP contribution < -0.4 is 9.21 Å². The van der Waals surface area contributed by atoms with Gasteiger partial charge in [-0.05, 0) is 42.5 Å². The second-order valence-electron chi connectivity index (χ2n) is 6.78. The molecule has 3 aromatic rings. The van der Waals surface area contributed by atoms with Gasteiger partial charge >= 0.3 is 6.18 Å². The molecule has 3 rings (SSSR count). The molecule has 32 heavy (non-hydrogen) atoms. The lowest BCUT2D eigenvalue weighted by molar-refractivity contribution is -0.137. The number of amides is 1. The van der Waals surface area contributed by atoms with E-state index >= 15 is 0 Å². The van der Waals surface area contributed by atoms with Crippen LogP contribution in [-0.4, -0.2) is 27.9 Å². The predicted octanol–water partition coefficient (Wildman–Crippen LogP) is 5.22. The van der Waals surface area contributed by atoms with Crippen LogP contribution in [0.25, 0.3) is 0 Å². The fourth-order valence-electron chi connectivity index (χ4n) is 2.92. The van der Waals surface area contributed by atoms with Gasteiger partial charge in [-0.25, -0.2) is 8.42 Å². The van der Waals surface area contributed by atoms with Crippen molar-refractivity contribution in [1.29, 1.82) is 0 Å². The van der Waals surface area contributed by atoms with Crippen LogP contribution in [0, 0.1) is 0 Å². The Morgan fingerprint density at radius 2 is 1.50 bits per heavy atom. The number of likely N-dealkylation sites (N-methyl/N-ethyl adjacent to an activating group) is 1. The molecule has 3 aromatic carbocycles. The molecule has 5 nitrogen and oxygen atoms in total. The van der Waals surface area contributed by atoms with Gasteiger partial charge in [-0.15, -0.1) is 0 Å². The van der Waals surface area contributed by atoms with Crippen molar-refractivity contribution >= 4 is 38.9 Å². The Bertz CT molecular complexity index is 1200. The molecular formula is C22H18ClF3N2O3S. The zero-order valence-corrected chi connectivity index (χ0v) is 18.3. The lowest BCUT2D eigenvalue weighted by Gasteiger charge is -2.28. The highest BCUT2D eigenvalue weighted by atomic mass is 35.5. The number of alkyl halides is 3. The minimum atomic E-state index is -4.73. The summed E-state index contributed by atoms with van der Waals surface area (Å²) in [5.74, 6) is -0.663. The third kappa shape index (κ3) is 5.05. The molecule has 0 atom stereocenters. The molecule has 0 fully saturated rings. The van der Waals surface area contributed by atoms with E-state index in [0.717, 1.165) is 12.1 Å². The topological polar surface area (TPSA) is 57.7 Å². The van der Waals surface area contributed by atoms with Crippen LogP contribution in [0.3, 0.4) is 0 Å². The first-order valence-corrected chi connectivity index (χ1v) is 11.1. The Morgan fingerprint density at radius 3 is 2.06 bits per heavy atom. The smallest absolute Gasteiger partial charge is 0.314 e. The first-order valence-electron chi connectivity index (χ1n) is 9.28. The molecule has 0 aliphatic rings. The SMILES string of the molecule is CN(C(=O)CN(c1cc(C(F)(F)F)ccc1Cl)S(=O)(=O)c1ccccc1)c1ccccc1. The number of carbonyl (C=O) groups is 1. The van der Waals surface area contributed by atoms with Crippen molar-refractivity contribution in [2.75, 3.05) is 22.8 Å². The van der Waals surface area contributed by atoms with Crippen LogP contribution in [0.5, 0.6) is 0 Å². The van der Waals surface area contributed by atoms with Crippen molar-refractivity contribution in [2.45, 2.75) is 11.1 Å². The van der Waals surface area contributed by atoms with Crippen LogP contribution in [-0.2, 0) is 21.0 Å². The molecule has 0 heterocycles. The zero-order chi connectivity index (χ0) is 23.5. The maximum absolute atomic E-state index is 13.4. The molecule has 0 aromatic heterocycles. The molecule has 0 N–H and O–H groups in total. The third-order valence-electron chi connectivity index (χ3n) is 4.67. The molecule has 168 valence electrons. The number of hydrogen-bond donors (Lipinski definition) is 0. The van der Waals surface area contributed by atoms with Gasteiger partial charge in [0.05, 0.1) is 21.2 Å². The molecule has 0 radical (unpaired) electrons. The molecule has 0 unspecified atom stereocenters. The van der Waals surface area contributed by atoms with Crippen LogP contribution in [0.4, 0.5) is 24.5 Å². The molecule has 0 aliphatic carbocycles. The van der Waals surface area contributed by atoms with Crippen molar-refractivity contribution in [1.82, 2.24) is 0 Å². The summed E-state index contributed by atoms with van der Waals surface area (Å²) in [4.78, 5) is 14.0. The summed E-state index contributed by atoms with van der Waals surface area (Å²) < 4.78 is 67.2. The predicted molar refractivity (Wildman–Crippen MR) is 117 cm³/mol. The van der Waals surface area contributed by atoms with Gasteiger partial charge in [-0.3, -0.25) is 9.10 Å². The van der Waals surface area contributed by atoms with E-state index in [-0.39, 0.29) is 9.92 Å². The van der Waals surface area contributed by atoms with Gasteiger partial charge < -0.3 is 4.90 Å². The van der Waals surface area contributed by atoms with E-state index in [1.165, 1.54) is 36.2 Å².